The van der Waals surface area contributed by atoms with Gasteiger partial charge in [-0.1, -0.05) is 91.0 Å². The second-order valence-electron chi connectivity index (χ2n) is 9.03. The Balaban J connectivity index is 1.69. The van der Waals surface area contributed by atoms with E-state index in [1.165, 1.54) is 54.3 Å². The Morgan fingerprint density at radius 3 is 1.74 bits per heavy atom. The zero-order chi connectivity index (χ0) is 22.6. The first-order valence-corrected chi connectivity index (χ1v) is 11.8. The molecule has 0 amide bonds. The smallest absolute Gasteiger partial charge is 0.0543 e. The van der Waals surface area contributed by atoms with E-state index >= 15 is 0 Å². The molecule has 160 valence electrons. The second kappa shape index (κ2) is 7.33. The lowest BCUT2D eigenvalue weighted by Crippen LogP contribution is -2.11. The van der Waals surface area contributed by atoms with Crippen LogP contribution in [-0.2, 0) is 0 Å². The van der Waals surface area contributed by atoms with Crippen LogP contribution in [0.1, 0.15) is 5.56 Å². The van der Waals surface area contributed by atoms with E-state index < -0.39 is 0 Å². The molecule has 0 aromatic heterocycles. The summed E-state index contributed by atoms with van der Waals surface area (Å²) in [6.07, 6.45) is 0. The lowest BCUT2D eigenvalue weighted by Gasteiger charge is -2.28. The number of para-hydroxylation sites is 2. The van der Waals surface area contributed by atoms with E-state index in [-0.39, 0.29) is 0 Å². The first kappa shape index (κ1) is 19.1. The molecular formula is C33H23N. The van der Waals surface area contributed by atoms with Crippen molar-refractivity contribution in [3.63, 3.8) is 0 Å². The highest BCUT2D eigenvalue weighted by molar-refractivity contribution is 6.35. The molecule has 0 unspecified atom stereocenters. The summed E-state index contributed by atoms with van der Waals surface area (Å²) in [4.78, 5) is 2.39. The van der Waals surface area contributed by atoms with Gasteiger partial charge in [-0.3, -0.25) is 0 Å². The molecule has 0 aliphatic heterocycles. The van der Waals surface area contributed by atoms with Crippen molar-refractivity contribution in [2.75, 3.05) is 4.90 Å². The molecule has 1 nitrogen and oxygen atoms in total. The standard InChI is InChI=1S/C33H23N/c1-22-21-30(34(24-12-4-2-5-13-24)25-14-6-3-7-15-25)29-20-19-23-11-10-18-28-26-16-8-9-17-27(26)31(22)33(29)32(23)28/h2-21H,1H3. The van der Waals surface area contributed by atoms with Crippen molar-refractivity contribution in [1.29, 1.82) is 0 Å². The Bertz CT molecular complexity index is 1760. The largest absolute Gasteiger partial charge is 0.310 e. The Labute approximate surface area is 198 Å². The van der Waals surface area contributed by atoms with E-state index in [9.17, 15) is 0 Å². The van der Waals surface area contributed by atoms with Crippen LogP contribution in [0.5, 0.6) is 0 Å². The van der Waals surface area contributed by atoms with E-state index in [0.717, 1.165) is 11.4 Å². The highest BCUT2D eigenvalue weighted by Gasteiger charge is 2.21. The van der Waals surface area contributed by atoms with Crippen molar-refractivity contribution in [2.24, 2.45) is 0 Å². The SMILES string of the molecule is Cc1cc(N(c2ccccc2)c2ccccc2)c2ccc3cccc4c5ccccc5c1c2c34. The topological polar surface area (TPSA) is 3.24 Å². The van der Waals surface area contributed by atoms with E-state index in [1.54, 1.807) is 0 Å². The summed E-state index contributed by atoms with van der Waals surface area (Å²) < 4.78 is 0. The highest BCUT2D eigenvalue weighted by Crippen LogP contribution is 2.47. The number of benzene rings is 7. The van der Waals surface area contributed by atoms with Gasteiger partial charge in [0.05, 0.1) is 5.69 Å². The van der Waals surface area contributed by atoms with E-state index in [1.807, 2.05) is 0 Å². The van der Waals surface area contributed by atoms with Crippen LogP contribution in [0.4, 0.5) is 17.1 Å². The normalized spacial score (nSPS) is 11.7. The lowest BCUT2D eigenvalue weighted by atomic mass is 9.86. The Kier molecular flexibility index (Phi) is 4.13. The third-order valence-corrected chi connectivity index (χ3v) is 7.08. The quantitative estimate of drug-likeness (QED) is 0.198. The first-order chi connectivity index (χ1) is 16.8. The molecule has 0 spiro atoms. The molecule has 7 aromatic carbocycles. The average molecular weight is 434 g/mol. The van der Waals surface area contributed by atoms with Crippen molar-refractivity contribution >= 4 is 60.2 Å². The van der Waals surface area contributed by atoms with Crippen molar-refractivity contribution in [1.82, 2.24) is 0 Å². The highest BCUT2D eigenvalue weighted by atomic mass is 15.1. The van der Waals surface area contributed by atoms with Crippen LogP contribution in [0.15, 0.2) is 121 Å². The number of hydrogen-bond donors (Lipinski definition) is 0. The van der Waals surface area contributed by atoms with Gasteiger partial charge in [-0.15, -0.1) is 0 Å². The van der Waals surface area contributed by atoms with E-state index in [2.05, 4.69) is 133 Å². The van der Waals surface area contributed by atoms with Gasteiger partial charge in [0.2, 0.25) is 0 Å². The number of nitrogens with zero attached hydrogens (tertiary/aromatic N) is 1. The molecule has 0 fully saturated rings. The Morgan fingerprint density at radius 2 is 1.03 bits per heavy atom. The van der Waals surface area contributed by atoms with Crippen LogP contribution in [0, 0.1) is 6.92 Å². The van der Waals surface area contributed by atoms with Gasteiger partial charge >= 0.3 is 0 Å². The monoisotopic (exact) mass is 433 g/mol. The number of anilines is 3. The van der Waals surface area contributed by atoms with Crippen LogP contribution < -0.4 is 4.90 Å². The molecule has 0 aliphatic carbocycles. The van der Waals surface area contributed by atoms with Crippen LogP contribution in [0.25, 0.3) is 43.1 Å². The maximum atomic E-state index is 2.39. The fourth-order valence-corrected chi connectivity index (χ4v) is 5.68. The van der Waals surface area contributed by atoms with Gasteiger partial charge in [-0.05, 0) is 75.1 Å². The molecule has 0 aliphatic rings. The van der Waals surface area contributed by atoms with Crippen LogP contribution in [0.3, 0.4) is 0 Å². The molecule has 0 saturated carbocycles. The Hall–Kier alpha value is -4.36. The summed E-state index contributed by atoms with van der Waals surface area (Å²) in [5.74, 6) is 0. The van der Waals surface area contributed by atoms with Crippen LogP contribution in [-0.4, -0.2) is 0 Å². The van der Waals surface area contributed by atoms with Gasteiger partial charge in [0, 0.05) is 22.1 Å². The van der Waals surface area contributed by atoms with Gasteiger partial charge in [0.1, 0.15) is 0 Å². The minimum absolute atomic E-state index is 1.16. The molecule has 7 rings (SSSR count). The molecule has 0 N–H and O–H groups in total. The molecule has 34 heavy (non-hydrogen) atoms. The van der Waals surface area contributed by atoms with Gasteiger partial charge in [0.25, 0.3) is 0 Å². The zero-order valence-electron chi connectivity index (χ0n) is 19.0. The molecule has 7 aromatic rings. The summed E-state index contributed by atoms with van der Waals surface area (Å²) in [6, 6.07) is 43.9. The molecule has 0 heterocycles. The predicted molar refractivity (Wildman–Crippen MR) is 147 cm³/mol. The molecule has 1 heteroatoms. The second-order valence-corrected chi connectivity index (χ2v) is 9.03. The number of hydrogen-bond acceptors (Lipinski definition) is 1. The van der Waals surface area contributed by atoms with Gasteiger partial charge in [-0.25, -0.2) is 0 Å². The van der Waals surface area contributed by atoms with E-state index in [0.29, 0.717) is 0 Å². The van der Waals surface area contributed by atoms with Crippen LogP contribution in [0.2, 0.25) is 0 Å². The number of aryl methyl sites for hydroxylation is 1. The number of rotatable bonds is 3. The summed E-state index contributed by atoms with van der Waals surface area (Å²) in [7, 11) is 0. The van der Waals surface area contributed by atoms with Gasteiger partial charge in [-0.2, -0.15) is 0 Å². The van der Waals surface area contributed by atoms with Gasteiger partial charge < -0.3 is 4.90 Å². The molecule has 0 saturated heterocycles. The van der Waals surface area contributed by atoms with Crippen molar-refractivity contribution in [2.45, 2.75) is 6.92 Å². The average Bonchev–Trinajstić information content (AvgIpc) is 2.90. The number of fused-ring (bicyclic) bond motifs is 3. The summed E-state index contributed by atoms with van der Waals surface area (Å²) in [5, 5.41) is 10.6. The van der Waals surface area contributed by atoms with Gasteiger partial charge in [0.15, 0.2) is 0 Å². The third-order valence-electron chi connectivity index (χ3n) is 7.08. The lowest BCUT2D eigenvalue weighted by molar-refractivity contribution is 1.29. The maximum absolute atomic E-state index is 2.39. The summed E-state index contributed by atoms with van der Waals surface area (Å²) >= 11 is 0. The minimum atomic E-state index is 1.16. The molecule has 0 radical (unpaired) electrons. The molecular weight excluding hydrogens is 410 g/mol. The summed E-state index contributed by atoms with van der Waals surface area (Å²) in [5.41, 5.74) is 4.83. The fourth-order valence-electron chi connectivity index (χ4n) is 5.68. The Morgan fingerprint density at radius 1 is 0.441 bits per heavy atom. The summed E-state index contributed by atoms with van der Waals surface area (Å²) in [6.45, 7) is 2.26. The third kappa shape index (κ3) is 2.67. The molecule has 0 bridgehead atoms. The molecule has 0 atom stereocenters. The minimum Gasteiger partial charge on any atom is -0.310 e. The fraction of sp³-hybridized carbons (Fsp3) is 0.0303. The first-order valence-electron chi connectivity index (χ1n) is 11.8. The maximum Gasteiger partial charge on any atom is 0.0543 e. The zero-order valence-corrected chi connectivity index (χ0v) is 19.0. The van der Waals surface area contributed by atoms with Crippen molar-refractivity contribution in [3.8, 4) is 0 Å². The van der Waals surface area contributed by atoms with Crippen molar-refractivity contribution in [3.05, 3.63) is 127 Å². The van der Waals surface area contributed by atoms with Crippen LogP contribution >= 0.6 is 0 Å². The van der Waals surface area contributed by atoms with E-state index in [4.69, 9.17) is 0 Å². The predicted octanol–water partition coefficient (Wildman–Crippen LogP) is 9.52. The van der Waals surface area contributed by atoms with Crippen molar-refractivity contribution < 1.29 is 0 Å².